The molecular weight excluding hydrogens is 284 g/mol. The van der Waals surface area contributed by atoms with E-state index in [0.29, 0.717) is 0 Å². The molecule has 3 nitrogen and oxygen atoms in total. The first-order valence-electron chi connectivity index (χ1n) is 8.47. The Hall–Kier alpha value is -1.74. The molecule has 3 heteroatoms. The van der Waals surface area contributed by atoms with Crippen molar-refractivity contribution in [3.05, 3.63) is 59.2 Å². The molecule has 1 aliphatic carbocycles. The summed E-state index contributed by atoms with van der Waals surface area (Å²) in [7, 11) is 4.24. The number of allylic oxidation sites excluding steroid dienone is 3. The van der Waals surface area contributed by atoms with Gasteiger partial charge in [0, 0.05) is 38.6 Å². The Morgan fingerprint density at radius 1 is 1.17 bits per heavy atom. The summed E-state index contributed by atoms with van der Waals surface area (Å²) in [5.41, 5.74) is 6.81. The van der Waals surface area contributed by atoms with Gasteiger partial charge in [-0.1, -0.05) is 23.8 Å². The molecule has 1 aliphatic heterocycles. The van der Waals surface area contributed by atoms with Gasteiger partial charge in [0.2, 0.25) is 0 Å². The van der Waals surface area contributed by atoms with Crippen molar-refractivity contribution in [3.63, 3.8) is 0 Å². The summed E-state index contributed by atoms with van der Waals surface area (Å²) in [5.74, 6) is 0. The number of ether oxygens (including phenoxy) is 1. The van der Waals surface area contributed by atoms with Gasteiger partial charge in [0.1, 0.15) is 0 Å². The van der Waals surface area contributed by atoms with Gasteiger partial charge in [0.25, 0.3) is 0 Å². The van der Waals surface area contributed by atoms with Crippen LogP contribution in [0, 0.1) is 13.3 Å². The highest BCUT2D eigenvalue weighted by Crippen LogP contribution is 2.27. The summed E-state index contributed by atoms with van der Waals surface area (Å²) in [5, 5.41) is 0. The highest BCUT2D eigenvalue weighted by molar-refractivity contribution is 5.56. The molecule has 0 amide bonds. The lowest BCUT2D eigenvalue weighted by molar-refractivity contribution is 0.0551. The largest absolute Gasteiger partial charge is 0.378 e. The van der Waals surface area contributed by atoms with E-state index in [4.69, 9.17) is 4.74 Å². The zero-order valence-corrected chi connectivity index (χ0v) is 14.5. The Balaban J connectivity index is 1.77. The normalized spacial score (nSPS) is 18.5. The average Bonchev–Trinajstić information content (AvgIpc) is 2.57. The quantitative estimate of drug-likeness (QED) is 0.848. The predicted molar refractivity (Wildman–Crippen MR) is 96.7 cm³/mol. The summed E-state index contributed by atoms with van der Waals surface area (Å²) in [4.78, 5) is 4.66. The van der Waals surface area contributed by atoms with Gasteiger partial charge < -0.3 is 14.5 Å². The maximum atomic E-state index is 5.46. The number of rotatable bonds is 4. The van der Waals surface area contributed by atoms with Crippen LogP contribution in [0.3, 0.4) is 0 Å². The van der Waals surface area contributed by atoms with E-state index >= 15 is 0 Å². The number of anilines is 1. The second kappa shape index (κ2) is 7.22. The SMILES string of the molecule is Cc1ccc(CC2=CC(N3CCOCC3)=CC[CH]2)c(N(C)C)c1. The van der Waals surface area contributed by atoms with Crippen LogP contribution in [-0.2, 0) is 11.2 Å². The highest BCUT2D eigenvalue weighted by atomic mass is 16.5. The van der Waals surface area contributed by atoms with Crippen LogP contribution < -0.4 is 4.90 Å². The molecule has 0 N–H and O–H groups in total. The van der Waals surface area contributed by atoms with Crippen LogP contribution >= 0.6 is 0 Å². The van der Waals surface area contributed by atoms with E-state index in [9.17, 15) is 0 Å². The summed E-state index contributed by atoms with van der Waals surface area (Å²) in [6, 6.07) is 6.76. The van der Waals surface area contributed by atoms with E-state index in [1.807, 2.05) is 0 Å². The van der Waals surface area contributed by atoms with Gasteiger partial charge in [-0.15, -0.1) is 0 Å². The first-order chi connectivity index (χ1) is 11.1. The van der Waals surface area contributed by atoms with Crippen LogP contribution in [0.15, 0.2) is 41.6 Å². The third-order valence-corrected chi connectivity index (χ3v) is 4.53. The second-order valence-electron chi connectivity index (χ2n) is 6.59. The molecule has 3 rings (SSSR count). The smallest absolute Gasteiger partial charge is 0.0642 e. The fraction of sp³-hybridized carbons (Fsp3) is 0.450. The highest BCUT2D eigenvalue weighted by Gasteiger charge is 2.16. The third-order valence-electron chi connectivity index (χ3n) is 4.53. The molecule has 1 radical (unpaired) electrons. The fourth-order valence-corrected chi connectivity index (χ4v) is 3.26. The van der Waals surface area contributed by atoms with Gasteiger partial charge in [-0.2, -0.15) is 0 Å². The zero-order valence-electron chi connectivity index (χ0n) is 14.5. The fourth-order valence-electron chi connectivity index (χ4n) is 3.26. The molecule has 1 aromatic rings. The van der Waals surface area contributed by atoms with Crippen molar-refractivity contribution in [1.29, 1.82) is 0 Å². The Morgan fingerprint density at radius 2 is 1.96 bits per heavy atom. The monoisotopic (exact) mass is 311 g/mol. The van der Waals surface area contributed by atoms with E-state index in [0.717, 1.165) is 39.1 Å². The van der Waals surface area contributed by atoms with Crippen molar-refractivity contribution in [1.82, 2.24) is 4.90 Å². The first kappa shape index (κ1) is 16.1. The third kappa shape index (κ3) is 3.97. The summed E-state index contributed by atoms with van der Waals surface area (Å²) >= 11 is 0. The zero-order chi connectivity index (χ0) is 16.2. The van der Waals surface area contributed by atoms with Crippen molar-refractivity contribution < 1.29 is 4.74 Å². The molecule has 2 aliphatic rings. The van der Waals surface area contributed by atoms with Crippen LogP contribution in [0.2, 0.25) is 0 Å². The first-order valence-corrected chi connectivity index (χ1v) is 8.47. The molecule has 0 atom stereocenters. The van der Waals surface area contributed by atoms with Crippen molar-refractivity contribution in [2.75, 3.05) is 45.3 Å². The van der Waals surface area contributed by atoms with Gasteiger partial charge in [-0.3, -0.25) is 0 Å². The average molecular weight is 311 g/mol. The van der Waals surface area contributed by atoms with Crippen molar-refractivity contribution >= 4 is 5.69 Å². The van der Waals surface area contributed by atoms with Gasteiger partial charge in [0.05, 0.1) is 13.2 Å². The Kier molecular flexibility index (Phi) is 5.06. The minimum Gasteiger partial charge on any atom is -0.378 e. The van der Waals surface area contributed by atoms with Crippen LogP contribution in [-0.4, -0.2) is 45.3 Å². The molecule has 1 saturated heterocycles. The number of hydrogen-bond acceptors (Lipinski definition) is 3. The van der Waals surface area contributed by atoms with Crippen molar-refractivity contribution in [2.24, 2.45) is 0 Å². The number of aryl methyl sites for hydroxylation is 1. The maximum Gasteiger partial charge on any atom is 0.0642 e. The number of hydrogen-bond donors (Lipinski definition) is 0. The molecular formula is C20H27N2O. The van der Waals surface area contributed by atoms with E-state index in [2.05, 4.69) is 67.6 Å². The van der Waals surface area contributed by atoms with Gasteiger partial charge in [0.15, 0.2) is 0 Å². The van der Waals surface area contributed by atoms with Crippen LogP contribution in [0.25, 0.3) is 0 Å². The number of nitrogens with zero attached hydrogens (tertiary/aromatic N) is 2. The molecule has 1 aromatic carbocycles. The van der Waals surface area contributed by atoms with Crippen LogP contribution in [0.1, 0.15) is 17.5 Å². The minimum absolute atomic E-state index is 0.840. The van der Waals surface area contributed by atoms with Crippen molar-refractivity contribution in [3.8, 4) is 0 Å². The minimum atomic E-state index is 0.840. The lowest BCUT2D eigenvalue weighted by Gasteiger charge is -2.31. The lowest BCUT2D eigenvalue weighted by atomic mass is 9.94. The topological polar surface area (TPSA) is 15.7 Å². The molecule has 0 aromatic heterocycles. The molecule has 0 bridgehead atoms. The number of morpholine rings is 1. The van der Waals surface area contributed by atoms with Crippen LogP contribution in [0.4, 0.5) is 5.69 Å². The summed E-state index contributed by atoms with van der Waals surface area (Å²) in [6.45, 7) is 5.84. The maximum absolute atomic E-state index is 5.46. The standard InChI is InChI=1S/C20H27N2O/c1-16-7-8-18(20(13-16)21(2)3)14-17-5-4-6-19(15-17)22-9-11-23-12-10-22/h5-8,13,15H,4,9-12,14H2,1-3H3. The summed E-state index contributed by atoms with van der Waals surface area (Å²) < 4.78 is 5.46. The molecule has 123 valence electrons. The van der Waals surface area contributed by atoms with E-state index < -0.39 is 0 Å². The van der Waals surface area contributed by atoms with Crippen LogP contribution in [0.5, 0.6) is 0 Å². The Morgan fingerprint density at radius 3 is 2.70 bits per heavy atom. The predicted octanol–water partition coefficient (Wildman–Crippen LogP) is 3.35. The Labute approximate surface area is 140 Å². The molecule has 1 heterocycles. The molecule has 0 saturated carbocycles. The second-order valence-corrected chi connectivity index (χ2v) is 6.59. The Bertz CT molecular complexity index is 610. The van der Waals surface area contributed by atoms with E-state index in [1.54, 1.807) is 0 Å². The molecule has 1 fully saturated rings. The molecule has 0 spiro atoms. The molecule has 23 heavy (non-hydrogen) atoms. The molecule has 0 unspecified atom stereocenters. The van der Waals surface area contributed by atoms with Gasteiger partial charge in [-0.25, -0.2) is 0 Å². The van der Waals surface area contributed by atoms with Gasteiger partial charge in [-0.05, 0) is 49.5 Å². The van der Waals surface area contributed by atoms with E-state index in [1.165, 1.54) is 28.1 Å². The van der Waals surface area contributed by atoms with E-state index in [-0.39, 0.29) is 0 Å². The number of benzene rings is 1. The lowest BCUT2D eigenvalue weighted by Crippen LogP contribution is -2.35. The summed E-state index contributed by atoms with van der Waals surface area (Å²) in [6.07, 6.45) is 9.06. The van der Waals surface area contributed by atoms with Gasteiger partial charge >= 0.3 is 0 Å². The van der Waals surface area contributed by atoms with Crippen molar-refractivity contribution in [2.45, 2.75) is 19.8 Å².